The summed E-state index contributed by atoms with van der Waals surface area (Å²) in [5, 5.41) is 0. The van der Waals surface area contributed by atoms with E-state index in [-0.39, 0.29) is 0 Å². The smallest absolute Gasteiger partial charge is 0.213 e. The van der Waals surface area contributed by atoms with E-state index in [4.69, 9.17) is 17.0 Å². The molecule has 0 unspecified atom stereocenters. The molecule has 1 aliphatic rings. The van der Waals surface area contributed by atoms with Gasteiger partial charge in [-0.15, -0.1) is 0 Å². The van der Waals surface area contributed by atoms with Crippen LogP contribution in [0.4, 0.5) is 0 Å². The van der Waals surface area contributed by atoms with E-state index >= 15 is 0 Å². The van der Waals surface area contributed by atoms with Crippen LogP contribution in [0.3, 0.4) is 0 Å². The van der Waals surface area contributed by atoms with Gasteiger partial charge >= 0.3 is 0 Å². The zero-order chi connectivity index (χ0) is 16.8. The normalized spacial score (nSPS) is 21.0. The first-order chi connectivity index (χ1) is 11.0. The molecular formula is C19H30N2OS. The molecule has 1 aromatic heterocycles. The highest BCUT2D eigenvalue weighted by atomic mass is 32.1. The molecule has 128 valence electrons. The molecular weight excluding hydrogens is 304 g/mol. The molecule has 1 heterocycles. The van der Waals surface area contributed by atoms with Crippen LogP contribution < -0.4 is 4.74 Å². The van der Waals surface area contributed by atoms with E-state index in [0.29, 0.717) is 6.10 Å². The van der Waals surface area contributed by atoms with Crippen molar-refractivity contribution >= 4 is 17.2 Å². The second-order valence-corrected chi connectivity index (χ2v) is 7.12. The summed E-state index contributed by atoms with van der Waals surface area (Å²) in [5.74, 6) is 1.66. The van der Waals surface area contributed by atoms with Crippen molar-refractivity contribution in [1.29, 1.82) is 0 Å². The largest absolute Gasteiger partial charge is 0.474 e. The maximum atomic E-state index is 6.10. The molecule has 2 rings (SSSR count). The van der Waals surface area contributed by atoms with Crippen molar-refractivity contribution < 1.29 is 4.74 Å². The first-order valence-electron chi connectivity index (χ1n) is 8.90. The Bertz CT molecular complexity index is 524. The van der Waals surface area contributed by atoms with Crippen LogP contribution in [0.15, 0.2) is 12.1 Å². The Morgan fingerprint density at radius 3 is 2.52 bits per heavy atom. The molecule has 1 saturated carbocycles. The maximum Gasteiger partial charge on any atom is 0.213 e. The highest BCUT2D eigenvalue weighted by molar-refractivity contribution is 7.80. The summed E-state index contributed by atoms with van der Waals surface area (Å²) in [7, 11) is 2.04. The number of nitrogens with zero attached hydrogens (tertiary/aromatic N) is 2. The van der Waals surface area contributed by atoms with E-state index in [0.717, 1.165) is 48.3 Å². The van der Waals surface area contributed by atoms with Crippen LogP contribution in [0.1, 0.15) is 57.2 Å². The van der Waals surface area contributed by atoms with E-state index < -0.39 is 0 Å². The predicted molar refractivity (Wildman–Crippen MR) is 100 cm³/mol. The van der Waals surface area contributed by atoms with Crippen molar-refractivity contribution in [3.8, 4) is 5.88 Å². The van der Waals surface area contributed by atoms with E-state index in [2.05, 4.69) is 29.8 Å². The number of rotatable bonds is 6. The van der Waals surface area contributed by atoms with Crippen molar-refractivity contribution in [3.05, 3.63) is 23.4 Å². The molecule has 0 N–H and O–H groups in total. The van der Waals surface area contributed by atoms with Gasteiger partial charge in [0.25, 0.3) is 0 Å². The van der Waals surface area contributed by atoms with Crippen LogP contribution >= 0.6 is 12.2 Å². The average Bonchev–Trinajstić information content (AvgIpc) is 2.57. The van der Waals surface area contributed by atoms with Gasteiger partial charge in [0.05, 0.1) is 4.99 Å². The number of ether oxygens (including phenoxy) is 1. The Labute approximate surface area is 146 Å². The third kappa shape index (κ3) is 5.17. The summed E-state index contributed by atoms with van der Waals surface area (Å²) in [6, 6.07) is 4.12. The highest BCUT2D eigenvalue weighted by Gasteiger charge is 2.21. The molecule has 1 aromatic rings. The van der Waals surface area contributed by atoms with Gasteiger partial charge in [-0.1, -0.05) is 31.6 Å². The molecule has 0 saturated heterocycles. The summed E-state index contributed by atoms with van der Waals surface area (Å²) < 4.78 is 6.10. The minimum atomic E-state index is 0.336. The minimum Gasteiger partial charge on any atom is -0.474 e. The number of likely N-dealkylation sites (N-methyl/N-ethyl adjacent to an activating group) is 1. The van der Waals surface area contributed by atoms with Gasteiger partial charge in [0.1, 0.15) is 6.10 Å². The zero-order valence-corrected chi connectivity index (χ0v) is 15.8. The lowest BCUT2D eigenvalue weighted by molar-refractivity contribution is 0.124. The third-order valence-corrected chi connectivity index (χ3v) is 5.53. The molecule has 0 bridgehead atoms. The average molecular weight is 335 g/mol. The van der Waals surface area contributed by atoms with Crippen molar-refractivity contribution in [2.75, 3.05) is 13.6 Å². The summed E-state index contributed by atoms with van der Waals surface area (Å²) in [6.45, 7) is 7.38. The molecule has 0 spiro atoms. The highest BCUT2D eigenvalue weighted by Crippen LogP contribution is 2.29. The van der Waals surface area contributed by atoms with Crippen LogP contribution in [-0.2, 0) is 6.42 Å². The fraction of sp³-hybridized carbons (Fsp3) is 0.684. The van der Waals surface area contributed by atoms with E-state index in [1.807, 2.05) is 20.0 Å². The van der Waals surface area contributed by atoms with Crippen LogP contribution in [0, 0.1) is 12.8 Å². The summed E-state index contributed by atoms with van der Waals surface area (Å²) in [5.41, 5.74) is 2.22. The molecule has 0 radical (unpaired) electrons. The van der Waals surface area contributed by atoms with Gasteiger partial charge in [-0.2, -0.15) is 0 Å². The fourth-order valence-corrected chi connectivity index (χ4v) is 3.41. The lowest BCUT2D eigenvalue weighted by Crippen LogP contribution is -2.26. The molecule has 1 fully saturated rings. The van der Waals surface area contributed by atoms with Crippen molar-refractivity contribution in [2.24, 2.45) is 5.92 Å². The maximum absolute atomic E-state index is 6.10. The first kappa shape index (κ1) is 18.2. The Morgan fingerprint density at radius 2 is 1.96 bits per heavy atom. The molecule has 0 amide bonds. The molecule has 0 aliphatic heterocycles. The van der Waals surface area contributed by atoms with E-state index in [1.54, 1.807) is 0 Å². The van der Waals surface area contributed by atoms with Crippen LogP contribution in [0.5, 0.6) is 5.88 Å². The Hall–Kier alpha value is -1.16. The van der Waals surface area contributed by atoms with Gasteiger partial charge in [0.15, 0.2) is 0 Å². The fourth-order valence-electron chi connectivity index (χ4n) is 3.12. The number of thiocarbonyl (C=S) groups is 1. The van der Waals surface area contributed by atoms with Gasteiger partial charge in [-0.25, -0.2) is 4.98 Å². The van der Waals surface area contributed by atoms with Gasteiger partial charge in [-0.3, -0.25) is 0 Å². The third-order valence-electron chi connectivity index (χ3n) is 5.07. The number of aromatic nitrogens is 1. The van der Waals surface area contributed by atoms with Crippen molar-refractivity contribution in [3.63, 3.8) is 0 Å². The van der Waals surface area contributed by atoms with Gasteiger partial charge < -0.3 is 9.64 Å². The standard InChI is InChI=1S/C19H30N2OS/c1-5-15-7-10-17(11-8-15)22-18-12-9-16(14(3)20-18)13-19(23)21(4)6-2/h9,12,15,17H,5-8,10-11,13H2,1-4H3. The molecule has 3 nitrogen and oxygen atoms in total. The number of aryl methyl sites for hydroxylation is 1. The topological polar surface area (TPSA) is 25.4 Å². The van der Waals surface area contributed by atoms with Gasteiger partial charge in [-0.05, 0) is 51.0 Å². The molecule has 0 aromatic carbocycles. The lowest BCUT2D eigenvalue weighted by atomic mass is 9.86. The van der Waals surface area contributed by atoms with E-state index in [9.17, 15) is 0 Å². The minimum absolute atomic E-state index is 0.336. The second-order valence-electron chi connectivity index (χ2n) is 6.65. The summed E-state index contributed by atoms with van der Waals surface area (Å²) in [4.78, 5) is 7.71. The lowest BCUT2D eigenvalue weighted by Gasteiger charge is -2.28. The molecule has 4 heteroatoms. The van der Waals surface area contributed by atoms with Gasteiger partial charge in [0.2, 0.25) is 5.88 Å². The SMILES string of the molecule is CCC1CCC(Oc2ccc(CC(=S)N(C)CC)c(C)n2)CC1. The Morgan fingerprint density at radius 1 is 1.26 bits per heavy atom. The van der Waals surface area contributed by atoms with Crippen LogP contribution in [0.2, 0.25) is 0 Å². The van der Waals surface area contributed by atoms with Gasteiger partial charge in [0, 0.05) is 31.8 Å². The second kappa shape index (κ2) is 8.62. The number of hydrogen-bond donors (Lipinski definition) is 0. The monoisotopic (exact) mass is 334 g/mol. The van der Waals surface area contributed by atoms with Crippen molar-refractivity contribution in [1.82, 2.24) is 9.88 Å². The molecule has 0 atom stereocenters. The summed E-state index contributed by atoms with van der Waals surface area (Å²) >= 11 is 5.47. The first-order valence-corrected chi connectivity index (χ1v) is 9.31. The van der Waals surface area contributed by atoms with Crippen LogP contribution in [-0.4, -0.2) is 34.6 Å². The van der Waals surface area contributed by atoms with E-state index in [1.165, 1.54) is 24.8 Å². The van der Waals surface area contributed by atoms with Crippen LogP contribution in [0.25, 0.3) is 0 Å². The quantitative estimate of drug-likeness (QED) is 0.712. The van der Waals surface area contributed by atoms with Crippen molar-refractivity contribution in [2.45, 2.75) is 65.4 Å². The predicted octanol–water partition coefficient (Wildman–Crippen LogP) is 4.56. The Balaban J connectivity index is 1.93. The molecule has 1 aliphatic carbocycles. The molecule has 23 heavy (non-hydrogen) atoms. The summed E-state index contributed by atoms with van der Waals surface area (Å²) in [6.07, 6.45) is 7.30. The number of hydrogen-bond acceptors (Lipinski definition) is 3. The Kier molecular flexibility index (Phi) is 6.82. The number of pyridine rings is 1. The zero-order valence-electron chi connectivity index (χ0n) is 15.0.